The molecule has 1 aliphatic rings. The van der Waals surface area contributed by atoms with Crippen LogP contribution in [0, 0.1) is 13.8 Å². The van der Waals surface area contributed by atoms with Gasteiger partial charge in [-0.1, -0.05) is 23.3 Å². The van der Waals surface area contributed by atoms with E-state index in [-0.39, 0.29) is 18.4 Å². The van der Waals surface area contributed by atoms with Gasteiger partial charge in [0.25, 0.3) is 5.91 Å². The molecule has 1 aromatic carbocycles. The van der Waals surface area contributed by atoms with E-state index in [1.807, 2.05) is 50.2 Å². The Morgan fingerprint density at radius 3 is 2.35 bits per heavy atom. The van der Waals surface area contributed by atoms with E-state index in [2.05, 4.69) is 15.2 Å². The van der Waals surface area contributed by atoms with Crippen molar-refractivity contribution in [3.05, 3.63) is 59.3 Å². The van der Waals surface area contributed by atoms with Crippen molar-refractivity contribution in [1.82, 2.24) is 15.2 Å². The molecular weight excluding hydrogens is 328 g/mol. The first kappa shape index (κ1) is 17.9. The largest absolute Gasteiger partial charge is 0.353 e. The number of hydrogen-bond donors (Lipinski definition) is 1. The number of carbonyl (C=O) groups is 2. The lowest BCUT2D eigenvalue weighted by atomic mass is 10.1. The predicted octanol–water partition coefficient (Wildman–Crippen LogP) is 1.78. The Morgan fingerprint density at radius 2 is 1.73 bits per heavy atom. The molecular formula is C20H24N4O2. The molecule has 1 aromatic heterocycles. The second-order valence-electron chi connectivity index (χ2n) is 6.61. The van der Waals surface area contributed by atoms with Crippen LogP contribution in [-0.4, -0.2) is 54.4 Å². The summed E-state index contributed by atoms with van der Waals surface area (Å²) < 4.78 is 0. The second kappa shape index (κ2) is 7.99. The normalized spacial score (nSPS) is 14.2. The van der Waals surface area contributed by atoms with Crippen LogP contribution in [0.15, 0.2) is 42.6 Å². The predicted molar refractivity (Wildman–Crippen MR) is 101 cm³/mol. The molecule has 0 aliphatic carbocycles. The highest BCUT2D eigenvalue weighted by molar-refractivity contribution is 5.96. The lowest BCUT2D eigenvalue weighted by molar-refractivity contribution is -0.130. The number of aromatic nitrogens is 1. The number of amides is 2. The van der Waals surface area contributed by atoms with Gasteiger partial charge in [-0.3, -0.25) is 9.59 Å². The first-order valence-corrected chi connectivity index (χ1v) is 8.83. The lowest BCUT2D eigenvalue weighted by Gasteiger charge is -2.35. The fraction of sp³-hybridized carbons (Fsp3) is 0.350. The molecule has 1 fully saturated rings. The van der Waals surface area contributed by atoms with Crippen molar-refractivity contribution in [2.45, 2.75) is 13.8 Å². The Balaban J connectivity index is 1.49. The van der Waals surface area contributed by atoms with E-state index >= 15 is 0 Å². The van der Waals surface area contributed by atoms with Crippen LogP contribution in [0.4, 0.5) is 5.82 Å². The van der Waals surface area contributed by atoms with E-state index in [1.54, 1.807) is 11.1 Å². The van der Waals surface area contributed by atoms with Crippen LogP contribution in [0.5, 0.6) is 0 Å². The van der Waals surface area contributed by atoms with Crippen LogP contribution in [0.2, 0.25) is 0 Å². The van der Waals surface area contributed by atoms with Crippen LogP contribution in [-0.2, 0) is 4.79 Å². The van der Waals surface area contributed by atoms with Gasteiger partial charge < -0.3 is 15.1 Å². The quantitative estimate of drug-likeness (QED) is 0.911. The van der Waals surface area contributed by atoms with E-state index < -0.39 is 0 Å². The highest BCUT2D eigenvalue weighted by Gasteiger charge is 2.22. The molecule has 0 bridgehead atoms. The number of benzene rings is 1. The Labute approximate surface area is 153 Å². The van der Waals surface area contributed by atoms with Gasteiger partial charge in [0, 0.05) is 37.9 Å². The van der Waals surface area contributed by atoms with E-state index in [1.165, 1.54) is 0 Å². The number of rotatable bonds is 4. The summed E-state index contributed by atoms with van der Waals surface area (Å²) in [5.74, 6) is 0.670. The van der Waals surface area contributed by atoms with Gasteiger partial charge >= 0.3 is 0 Å². The number of nitrogens with zero attached hydrogens (tertiary/aromatic N) is 3. The van der Waals surface area contributed by atoms with Gasteiger partial charge in [-0.2, -0.15) is 0 Å². The SMILES string of the molecule is Cc1cc(C)cc(C(=O)NCC(=O)N2CCN(c3ccccn3)CC2)c1. The van der Waals surface area contributed by atoms with Crippen molar-refractivity contribution < 1.29 is 9.59 Å². The molecule has 3 rings (SSSR count). The van der Waals surface area contributed by atoms with Gasteiger partial charge in [0.15, 0.2) is 0 Å². The standard InChI is InChI=1S/C20H24N4O2/c1-15-11-16(2)13-17(12-15)20(26)22-14-19(25)24-9-7-23(8-10-24)18-5-3-4-6-21-18/h3-6,11-13H,7-10,14H2,1-2H3,(H,22,26). The number of aryl methyl sites for hydroxylation is 2. The summed E-state index contributed by atoms with van der Waals surface area (Å²) in [4.78, 5) is 33.0. The Morgan fingerprint density at radius 1 is 1.04 bits per heavy atom. The van der Waals surface area contributed by atoms with E-state index in [4.69, 9.17) is 0 Å². The average Bonchev–Trinajstić information content (AvgIpc) is 2.66. The number of hydrogen-bond acceptors (Lipinski definition) is 4. The Hall–Kier alpha value is -2.89. The zero-order valence-corrected chi connectivity index (χ0v) is 15.2. The van der Waals surface area contributed by atoms with Gasteiger partial charge in [0.2, 0.25) is 5.91 Å². The Bertz CT molecular complexity index is 763. The fourth-order valence-corrected chi connectivity index (χ4v) is 3.20. The van der Waals surface area contributed by atoms with E-state index in [0.717, 1.165) is 30.0 Å². The zero-order valence-electron chi connectivity index (χ0n) is 15.2. The van der Waals surface area contributed by atoms with Crippen LogP contribution in [0.25, 0.3) is 0 Å². The molecule has 1 N–H and O–H groups in total. The lowest BCUT2D eigenvalue weighted by Crippen LogP contribution is -2.51. The average molecular weight is 352 g/mol. The molecule has 0 atom stereocenters. The smallest absolute Gasteiger partial charge is 0.251 e. The molecule has 0 unspecified atom stereocenters. The van der Waals surface area contributed by atoms with Crippen molar-refractivity contribution in [3.63, 3.8) is 0 Å². The number of anilines is 1. The molecule has 0 radical (unpaired) electrons. The van der Waals surface area contributed by atoms with Crippen LogP contribution >= 0.6 is 0 Å². The number of nitrogens with one attached hydrogen (secondary N) is 1. The molecule has 2 heterocycles. The number of carbonyl (C=O) groups excluding carboxylic acids is 2. The topological polar surface area (TPSA) is 65.5 Å². The third-order valence-corrected chi connectivity index (χ3v) is 4.49. The van der Waals surface area contributed by atoms with Crippen molar-refractivity contribution in [2.24, 2.45) is 0 Å². The van der Waals surface area contributed by atoms with Gasteiger partial charge in [0.05, 0.1) is 6.54 Å². The summed E-state index contributed by atoms with van der Waals surface area (Å²) in [7, 11) is 0. The van der Waals surface area contributed by atoms with E-state index in [0.29, 0.717) is 18.7 Å². The summed E-state index contributed by atoms with van der Waals surface area (Å²) >= 11 is 0. The number of pyridine rings is 1. The third kappa shape index (κ3) is 4.39. The maximum absolute atomic E-state index is 12.4. The molecule has 6 nitrogen and oxygen atoms in total. The summed E-state index contributed by atoms with van der Waals surface area (Å²) in [6, 6.07) is 11.5. The molecule has 2 amide bonds. The molecule has 26 heavy (non-hydrogen) atoms. The zero-order chi connectivity index (χ0) is 18.5. The van der Waals surface area contributed by atoms with Crippen LogP contribution in [0.3, 0.4) is 0 Å². The minimum atomic E-state index is -0.211. The number of piperazine rings is 1. The first-order valence-electron chi connectivity index (χ1n) is 8.83. The fourth-order valence-electron chi connectivity index (χ4n) is 3.20. The minimum absolute atomic E-state index is 0.0232. The summed E-state index contributed by atoms with van der Waals surface area (Å²) in [6.45, 7) is 6.69. The summed E-state index contributed by atoms with van der Waals surface area (Å²) in [5, 5.41) is 2.74. The highest BCUT2D eigenvalue weighted by Crippen LogP contribution is 2.12. The van der Waals surface area contributed by atoms with Crippen molar-refractivity contribution in [1.29, 1.82) is 0 Å². The van der Waals surface area contributed by atoms with Crippen molar-refractivity contribution in [2.75, 3.05) is 37.6 Å². The molecule has 1 aliphatic heterocycles. The highest BCUT2D eigenvalue weighted by atomic mass is 16.2. The minimum Gasteiger partial charge on any atom is -0.353 e. The second-order valence-corrected chi connectivity index (χ2v) is 6.61. The molecule has 0 saturated carbocycles. The van der Waals surface area contributed by atoms with Crippen LogP contribution in [0.1, 0.15) is 21.5 Å². The van der Waals surface area contributed by atoms with Crippen molar-refractivity contribution in [3.8, 4) is 0 Å². The molecule has 0 spiro atoms. The van der Waals surface area contributed by atoms with Gasteiger partial charge in [-0.05, 0) is 38.1 Å². The summed E-state index contributed by atoms with van der Waals surface area (Å²) in [5.41, 5.74) is 2.66. The Kier molecular flexibility index (Phi) is 5.51. The van der Waals surface area contributed by atoms with E-state index in [9.17, 15) is 9.59 Å². The maximum Gasteiger partial charge on any atom is 0.251 e. The van der Waals surface area contributed by atoms with Crippen molar-refractivity contribution >= 4 is 17.6 Å². The molecule has 6 heteroatoms. The molecule has 136 valence electrons. The van der Waals surface area contributed by atoms with Crippen LogP contribution < -0.4 is 10.2 Å². The van der Waals surface area contributed by atoms with Gasteiger partial charge in [-0.15, -0.1) is 0 Å². The first-order chi connectivity index (χ1) is 12.5. The third-order valence-electron chi connectivity index (χ3n) is 4.49. The van der Waals surface area contributed by atoms with Gasteiger partial charge in [0.1, 0.15) is 5.82 Å². The van der Waals surface area contributed by atoms with Gasteiger partial charge in [-0.25, -0.2) is 4.98 Å². The molecule has 1 saturated heterocycles. The maximum atomic E-state index is 12.4. The monoisotopic (exact) mass is 352 g/mol. The summed E-state index contributed by atoms with van der Waals surface area (Å²) in [6.07, 6.45) is 1.77. The molecule has 2 aromatic rings.